The maximum atomic E-state index is 12.8. The topological polar surface area (TPSA) is 131 Å². The largest absolute Gasteiger partial charge is 0.486 e. The Morgan fingerprint density at radius 2 is 1.70 bits per heavy atom. The number of hydrogen-bond acceptors (Lipinski definition) is 8. The van der Waals surface area contributed by atoms with Gasteiger partial charge >= 0.3 is 0 Å². The molecule has 0 bridgehead atoms. The van der Waals surface area contributed by atoms with Gasteiger partial charge in [0.2, 0.25) is 17.7 Å². The number of thiol groups is 1. The molecule has 1 heterocycles. The minimum absolute atomic E-state index is 0.00780. The van der Waals surface area contributed by atoms with Crippen LogP contribution in [0.3, 0.4) is 0 Å². The molecule has 3 rings (SSSR count). The molecule has 2 aromatic carbocycles. The average Bonchev–Trinajstić information content (AvgIpc) is 3.22. The number of rotatable bonds is 16. The highest BCUT2D eigenvalue weighted by Crippen LogP contribution is 2.26. The van der Waals surface area contributed by atoms with E-state index in [0.29, 0.717) is 37.0 Å². The second kappa shape index (κ2) is 15.2. The number of nitrogens with one attached hydrogen (secondary N) is 2. The Morgan fingerprint density at radius 3 is 2.35 bits per heavy atom. The van der Waals surface area contributed by atoms with Gasteiger partial charge in [-0.1, -0.05) is 38.1 Å². The van der Waals surface area contributed by atoms with Crippen LogP contribution in [0.25, 0.3) is 11.1 Å². The van der Waals surface area contributed by atoms with E-state index in [1.165, 1.54) is 4.90 Å². The van der Waals surface area contributed by atoms with Crippen LogP contribution in [0.2, 0.25) is 0 Å². The summed E-state index contributed by atoms with van der Waals surface area (Å²) in [6, 6.07) is 14.5. The van der Waals surface area contributed by atoms with E-state index >= 15 is 0 Å². The first-order chi connectivity index (χ1) is 20.3. The van der Waals surface area contributed by atoms with E-state index in [1.807, 2.05) is 45.9 Å². The Hall–Kier alpha value is -3.70. The molecule has 43 heavy (non-hydrogen) atoms. The average molecular weight is 612 g/mol. The smallest absolute Gasteiger partial charge is 0.251 e. The fourth-order valence-electron chi connectivity index (χ4n) is 4.46. The van der Waals surface area contributed by atoms with Crippen LogP contribution in [0.15, 0.2) is 48.5 Å². The van der Waals surface area contributed by atoms with Gasteiger partial charge in [0.1, 0.15) is 12.4 Å². The van der Waals surface area contributed by atoms with Crippen LogP contribution in [0, 0.1) is 5.41 Å². The van der Waals surface area contributed by atoms with E-state index in [9.17, 15) is 24.0 Å². The van der Waals surface area contributed by atoms with E-state index in [2.05, 4.69) is 23.3 Å². The fraction of sp³-hybridized carbons (Fsp3) is 0.469. The number of imide groups is 1. The zero-order valence-electron chi connectivity index (χ0n) is 25.2. The molecule has 1 unspecified atom stereocenters. The molecule has 0 radical (unpaired) electrons. The van der Waals surface area contributed by atoms with Crippen LogP contribution in [0.1, 0.15) is 57.3 Å². The molecule has 0 saturated carbocycles. The van der Waals surface area contributed by atoms with Gasteiger partial charge in [-0.15, -0.1) is 0 Å². The van der Waals surface area contributed by atoms with E-state index in [-0.39, 0.29) is 56.3 Å². The molecular weight excluding hydrogens is 570 g/mol. The molecule has 0 aromatic heterocycles. The molecular formula is C32H41N3O7S. The lowest BCUT2D eigenvalue weighted by Crippen LogP contribution is -2.42. The van der Waals surface area contributed by atoms with Crippen molar-refractivity contribution in [2.24, 2.45) is 5.41 Å². The Kier molecular flexibility index (Phi) is 11.9. The molecule has 1 atom stereocenters. The van der Waals surface area contributed by atoms with Crippen LogP contribution in [-0.4, -0.2) is 78.5 Å². The second-order valence-electron chi connectivity index (χ2n) is 11.7. The normalized spacial score (nSPS) is 15.4. The fourth-order valence-corrected chi connectivity index (χ4v) is 4.75. The maximum absolute atomic E-state index is 12.8. The molecule has 1 fully saturated rings. The molecule has 0 aliphatic carbocycles. The van der Waals surface area contributed by atoms with E-state index < -0.39 is 16.3 Å². The van der Waals surface area contributed by atoms with Crippen LogP contribution in [-0.2, 0) is 23.9 Å². The number of amides is 4. The van der Waals surface area contributed by atoms with Gasteiger partial charge in [-0.3, -0.25) is 28.9 Å². The summed E-state index contributed by atoms with van der Waals surface area (Å²) in [6.45, 7) is 8.57. The highest BCUT2D eigenvalue weighted by molar-refractivity contribution is 7.81. The lowest BCUT2D eigenvalue weighted by Gasteiger charge is -2.30. The SMILES string of the molecule is CC(C)(CCN1C(=O)CC(S)C1=O)OCCC(C)(C)C(=O)NCCNC(=O)c1cccc(-c2ccc(OCC=O)cc2)c1. The van der Waals surface area contributed by atoms with Gasteiger partial charge in [0, 0.05) is 43.6 Å². The summed E-state index contributed by atoms with van der Waals surface area (Å²) in [7, 11) is 0. The highest BCUT2D eigenvalue weighted by Gasteiger charge is 2.37. The molecule has 10 nitrogen and oxygen atoms in total. The predicted molar refractivity (Wildman–Crippen MR) is 166 cm³/mol. The quantitative estimate of drug-likeness (QED) is 0.115. The molecule has 0 spiro atoms. The third-order valence-electron chi connectivity index (χ3n) is 7.32. The summed E-state index contributed by atoms with van der Waals surface area (Å²) in [5.74, 6) is -0.298. The molecule has 2 aromatic rings. The number of ether oxygens (including phenoxy) is 2. The molecule has 11 heteroatoms. The predicted octanol–water partition coefficient (Wildman–Crippen LogP) is 3.44. The van der Waals surface area contributed by atoms with Crippen molar-refractivity contribution in [1.29, 1.82) is 0 Å². The summed E-state index contributed by atoms with van der Waals surface area (Å²) in [5, 5.41) is 5.15. The molecule has 1 saturated heterocycles. The number of benzene rings is 2. The summed E-state index contributed by atoms with van der Waals surface area (Å²) in [5.41, 5.74) is 0.965. The first kappa shape index (κ1) is 33.8. The molecule has 1 aliphatic rings. The Balaban J connectivity index is 1.39. The van der Waals surface area contributed by atoms with Gasteiger partial charge in [-0.25, -0.2) is 0 Å². The minimum Gasteiger partial charge on any atom is -0.486 e. The number of hydrogen-bond donors (Lipinski definition) is 3. The Labute approximate surface area is 258 Å². The van der Waals surface area contributed by atoms with Crippen LogP contribution in [0.4, 0.5) is 0 Å². The number of carbonyl (C=O) groups excluding carboxylic acids is 5. The second-order valence-corrected chi connectivity index (χ2v) is 12.3. The Bertz CT molecular complexity index is 1310. The van der Waals surface area contributed by atoms with Crippen molar-refractivity contribution in [1.82, 2.24) is 15.5 Å². The third-order valence-corrected chi connectivity index (χ3v) is 7.72. The van der Waals surface area contributed by atoms with Crippen molar-refractivity contribution in [3.8, 4) is 16.9 Å². The number of aldehydes is 1. The van der Waals surface area contributed by atoms with E-state index in [1.54, 1.807) is 30.3 Å². The van der Waals surface area contributed by atoms with Gasteiger partial charge in [0.05, 0.1) is 10.9 Å². The highest BCUT2D eigenvalue weighted by atomic mass is 32.1. The molecule has 2 N–H and O–H groups in total. The first-order valence-corrected chi connectivity index (χ1v) is 14.8. The van der Waals surface area contributed by atoms with Crippen molar-refractivity contribution in [3.05, 3.63) is 54.1 Å². The molecule has 4 amide bonds. The summed E-state index contributed by atoms with van der Waals surface area (Å²) >= 11 is 4.15. The zero-order chi connectivity index (χ0) is 31.6. The summed E-state index contributed by atoms with van der Waals surface area (Å²) in [6.07, 6.45) is 1.75. The lowest BCUT2D eigenvalue weighted by molar-refractivity contribution is -0.139. The molecule has 232 valence electrons. The van der Waals surface area contributed by atoms with Gasteiger partial charge in [-0.05, 0) is 62.1 Å². The lowest BCUT2D eigenvalue weighted by atomic mass is 9.88. The van der Waals surface area contributed by atoms with E-state index in [0.717, 1.165) is 11.1 Å². The van der Waals surface area contributed by atoms with Crippen molar-refractivity contribution >= 4 is 42.5 Å². The van der Waals surface area contributed by atoms with Crippen molar-refractivity contribution < 1.29 is 33.4 Å². The number of likely N-dealkylation sites (tertiary alicyclic amines) is 1. The van der Waals surface area contributed by atoms with E-state index in [4.69, 9.17) is 9.47 Å². The first-order valence-electron chi connectivity index (χ1n) is 14.3. The van der Waals surface area contributed by atoms with Crippen LogP contribution >= 0.6 is 12.6 Å². The summed E-state index contributed by atoms with van der Waals surface area (Å²) in [4.78, 5) is 61.3. The van der Waals surface area contributed by atoms with Crippen molar-refractivity contribution in [3.63, 3.8) is 0 Å². The number of carbonyl (C=O) groups is 5. The van der Waals surface area contributed by atoms with Gasteiger partial charge in [0.15, 0.2) is 6.29 Å². The van der Waals surface area contributed by atoms with Crippen LogP contribution in [0.5, 0.6) is 5.75 Å². The number of nitrogens with zero attached hydrogens (tertiary/aromatic N) is 1. The van der Waals surface area contributed by atoms with Crippen molar-refractivity contribution in [2.75, 3.05) is 32.8 Å². The van der Waals surface area contributed by atoms with Gasteiger partial charge in [0.25, 0.3) is 5.91 Å². The van der Waals surface area contributed by atoms with Crippen molar-refractivity contribution in [2.45, 2.75) is 57.8 Å². The van der Waals surface area contributed by atoms with Gasteiger partial charge in [-0.2, -0.15) is 12.6 Å². The minimum atomic E-state index is -0.706. The summed E-state index contributed by atoms with van der Waals surface area (Å²) < 4.78 is 11.3. The third kappa shape index (κ3) is 9.93. The zero-order valence-corrected chi connectivity index (χ0v) is 26.1. The molecule has 1 aliphatic heterocycles. The Morgan fingerprint density at radius 1 is 1.00 bits per heavy atom. The standard InChI is InChI=1S/C32H41N3O7S/c1-31(2,13-18-42-32(3,4)12-16-35-27(37)21-26(43)29(35)39)30(40)34-15-14-33-28(38)24-7-5-6-23(20-24)22-8-10-25(11-9-22)41-19-17-36/h5-11,17,20,26,43H,12-16,18-19,21H2,1-4H3,(H,33,38)(H,34,40). The van der Waals surface area contributed by atoms with Crippen LogP contribution < -0.4 is 15.4 Å². The monoisotopic (exact) mass is 611 g/mol. The maximum Gasteiger partial charge on any atom is 0.251 e. The van der Waals surface area contributed by atoms with Gasteiger partial charge < -0.3 is 20.1 Å².